The maximum Gasteiger partial charge on any atom is 0.343 e. The molecule has 0 amide bonds. The molecule has 0 aliphatic heterocycles. The zero-order valence-corrected chi connectivity index (χ0v) is 17.4. The average Bonchev–Trinajstić information content (AvgIpc) is 2.73. The Morgan fingerprint density at radius 3 is 2.43 bits per heavy atom. The molecule has 0 saturated heterocycles. The molecule has 0 spiro atoms. The maximum atomic E-state index is 12.7. The second-order valence-electron chi connectivity index (χ2n) is 7.03. The second kappa shape index (κ2) is 8.47. The topological polar surface area (TPSA) is 51.5 Å². The minimum atomic E-state index is -0.421. The first-order valence-electron chi connectivity index (χ1n) is 9.48. The number of rotatable bonds is 4. The van der Waals surface area contributed by atoms with Gasteiger partial charge in [-0.15, -0.1) is 0 Å². The number of carbonyl (C=O) groups excluding carboxylic acids is 1. The fourth-order valence-corrected chi connectivity index (χ4v) is 3.18. The largest absolute Gasteiger partial charge is 0.422 e. The summed E-state index contributed by atoms with van der Waals surface area (Å²) in [5, 5.41) is 1.49. The summed E-state index contributed by atoms with van der Waals surface area (Å²) >= 11 is 5.89. The molecule has 0 N–H and O–H groups in total. The molecule has 4 nitrogen and oxygen atoms in total. The highest BCUT2D eigenvalue weighted by molar-refractivity contribution is 6.30. The zero-order chi connectivity index (χ0) is 21.1. The summed E-state index contributed by atoms with van der Waals surface area (Å²) < 4.78 is 5.68. The SMILES string of the molecule is Cc1ccc2c(OC(=O)c3ccc(N=Cc4ccc(Cl)cc4)cc3)cc(C)nc2c1. The number of fused-ring (bicyclic) bond motifs is 1. The molecule has 3 aromatic carbocycles. The molecule has 0 aliphatic rings. The summed E-state index contributed by atoms with van der Waals surface area (Å²) in [6.07, 6.45) is 1.75. The maximum absolute atomic E-state index is 12.7. The standard InChI is InChI=1S/C25H19ClN2O2/c1-16-3-12-22-23(13-16)28-17(2)14-24(22)30-25(29)19-6-10-21(11-7-19)27-15-18-4-8-20(26)9-5-18/h3-15H,1-2H3. The van der Waals surface area contributed by atoms with Crippen LogP contribution in [0.2, 0.25) is 5.02 Å². The number of hydrogen-bond acceptors (Lipinski definition) is 4. The minimum Gasteiger partial charge on any atom is -0.422 e. The van der Waals surface area contributed by atoms with Crippen LogP contribution >= 0.6 is 11.6 Å². The Morgan fingerprint density at radius 1 is 0.967 bits per heavy atom. The van der Waals surface area contributed by atoms with Gasteiger partial charge >= 0.3 is 5.97 Å². The Bertz CT molecular complexity index is 1240. The number of hydrogen-bond donors (Lipinski definition) is 0. The van der Waals surface area contributed by atoms with Gasteiger partial charge in [-0.1, -0.05) is 29.8 Å². The highest BCUT2D eigenvalue weighted by Gasteiger charge is 2.12. The van der Waals surface area contributed by atoms with Gasteiger partial charge in [0.25, 0.3) is 0 Å². The van der Waals surface area contributed by atoms with Crippen molar-refractivity contribution >= 4 is 40.4 Å². The van der Waals surface area contributed by atoms with Gasteiger partial charge in [-0.25, -0.2) is 4.79 Å². The molecule has 4 rings (SSSR count). The number of ether oxygens (including phenoxy) is 1. The van der Waals surface area contributed by atoms with Gasteiger partial charge in [0.1, 0.15) is 5.75 Å². The first kappa shape index (κ1) is 19.8. The third-order valence-corrected chi connectivity index (χ3v) is 4.85. The van der Waals surface area contributed by atoms with Gasteiger partial charge in [-0.3, -0.25) is 9.98 Å². The minimum absolute atomic E-state index is 0.421. The number of halogens is 1. The summed E-state index contributed by atoms with van der Waals surface area (Å²) in [7, 11) is 0. The van der Waals surface area contributed by atoms with Crippen molar-refractivity contribution in [2.75, 3.05) is 0 Å². The number of nitrogens with zero attached hydrogens (tertiary/aromatic N) is 2. The van der Waals surface area contributed by atoms with Gasteiger partial charge in [0.15, 0.2) is 0 Å². The van der Waals surface area contributed by atoms with Crippen molar-refractivity contribution in [2.24, 2.45) is 4.99 Å². The Hall–Kier alpha value is -3.50. The number of aryl methyl sites for hydroxylation is 2. The quantitative estimate of drug-likeness (QED) is 0.284. The molecule has 0 radical (unpaired) electrons. The lowest BCUT2D eigenvalue weighted by Crippen LogP contribution is -2.09. The van der Waals surface area contributed by atoms with Gasteiger partial charge in [0.05, 0.1) is 16.8 Å². The van der Waals surface area contributed by atoms with Crippen LogP contribution < -0.4 is 4.74 Å². The molecule has 0 bridgehead atoms. The first-order valence-corrected chi connectivity index (χ1v) is 9.86. The molecule has 148 valence electrons. The molecule has 0 saturated carbocycles. The number of aliphatic imine (C=N–C) groups is 1. The van der Waals surface area contributed by atoms with E-state index < -0.39 is 5.97 Å². The molecule has 30 heavy (non-hydrogen) atoms. The lowest BCUT2D eigenvalue weighted by atomic mass is 10.1. The van der Waals surface area contributed by atoms with Gasteiger partial charge in [-0.05, 0) is 73.5 Å². The van der Waals surface area contributed by atoms with Crippen molar-refractivity contribution in [1.29, 1.82) is 0 Å². The molecule has 5 heteroatoms. The van der Waals surface area contributed by atoms with Crippen molar-refractivity contribution < 1.29 is 9.53 Å². The Morgan fingerprint density at radius 2 is 1.70 bits per heavy atom. The smallest absolute Gasteiger partial charge is 0.343 e. The van der Waals surface area contributed by atoms with Gasteiger partial charge < -0.3 is 4.74 Å². The van der Waals surface area contributed by atoms with Crippen LogP contribution in [0.3, 0.4) is 0 Å². The molecule has 1 heterocycles. The van der Waals surface area contributed by atoms with Crippen LogP contribution in [-0.4, -0.2) is 17.2 Å². The lowest BCUT2D eigenvalue weighted by Gasteiger charge is -2.09. The van der Waals surface area contributed by atoms with Crippen molar-refractivity contribution in [1.82, 2.24) is 4.98 Å². The lowest BCUT2D eigenvalue weighted by molar-refractivity contribution is 0.0737. The van der Waals surface area contributed by atoms with E-state index >= 15 is 0 Å². The number of pyridine rings is 1. The van der Waals surface area contributed by atoms with E-state index in [1.807, 2.05) is 56.3 Å². The van der Waals surface area contributed by atoms with Crippen LogP contribution in [0.5, 0.6) is 5.75 Å². The van der Waals surface area contributed by atoms with Crippen LogP contribution in [-0.2, 0) is 0 Å². The van der Waals surface area contributed by atoms with Crippen molar-refractivity contribution in [2.45, 2.75) is 13.8 Å². The van der Waals surface area contributed by atoms with Crippen LogP contribution in [0.15, 0.2) is 77.8 Å². The van der Waals surface area contributed by atoms with E-state index in [2.05, 4.69) is 9.98 Å². The summed E-state index contributed by atoms with van der Waals surface area (Å²) in [6, 6.07) is 22.0. The van der Waals surface area contributed by atoms with E-state index in [9.17, 15) is 4.79 Å². The van der Waals surface area contributed by atoms with E-state index in [1.165, 1.54) is 0 Å². The fourth-order valence-electron chi connectivity index (χ4n) is 3.06. The Labute approximate surface area is 179 Å². The highest BCUT2D eigenvalue weighted by Crippen LogP contribution is 2.27. The Kier molecular flexibility index (Phi) is 5.59. The summed E-state index contributed by atoms with van der Waals surface area (Å²) in [6.45, 7) is 3.89. The number of benzene rings is 3. The van der Waals surface area contributed by atoms with Crippen molar-refractivity contribution in [3.8, 4) is 5.75 Å². The fraction of sp³-hybridized carbons (Fsp3) is 0.0800. The second-order valence-corrected chi connectivity index (χ2v) is 7.46. The number of aromatic nitrogens is 1. The monoisotopic (exact) mass is 414 g/mol. The average molecular weight is 415 g/mol. The van der Waals surface area contributed by atoms with Crippen molar-refractivity contribution in [3.05, 3.63) is 100 Å². The molecule has 1 aromatic heterocycles. The van der Waals surface area contributed by atoms with Crippen LogP contribution in [0.4, 0.5) is 5.69 Å². The van der Waals surface area contributed by atoms with E-state index in [4.69, 9.17) is 16.3 Å². The summed E-state index contributed by atoms with van der Waals surface area (Å²) in [5.41, 5.74) is 4.84. The first-order chi connectivity index (χ1) is 14.5. The van der Waals surface area contributed by atoms with Crippen molar-refractivity contribution in [3.63, 3.8) is 0 Å². The molecule has 0 unspecified atom stereocenters. The van der Waals surface area contributed by atoms with Crippen LogP contribution in [0, 0.1) is 13.8 Å². The van der Waals surface area contributed by atoms with E-state index in [0.717, 1.165) is 33.4 Å². The van der Waals surface area contributed by atoms with E-state index in [-0.39, 0.29) is 0 Å². The summed E-state index contributed by atoms with van der Waals surface area (Å²) in [5.74, 6) is 0.0861. The molecule has 4 aromatic rings. The number of esters is 1. The molecule has 0 atom stereocenters. The van der Waals surface area contributed by atoms with E-state index in [1.54, 1.807) is 36.5 Å². The van der Waals surface area contributed by atoms with Crippen LogP contribution in [0.25, 0.3) is 10.9 Å². The summed E-state index contributed by atoms with van der Waals surface area (Å²) in [4.78, 5) is 21.6. The van der Waals surface area contributed by atoms with Gasteiger partial charge in [0, 0.05) is 28.4 Å². The normalized spacial score (nSPS) is 11.2. The molecule has 0 fully saturated rings. The molecule has 0 aliphatic carbocycles. The predicted molar refractivity (Wildman–Crippen MR) is 121 cm³/mol. The predicted octanol–water partition coefficient (Wildman–Crippen LogP) is 6.47. The van der Waals surface area contributed by atoms with Gasteiger partial charge in [0.2, 0.25) is 0 Å². The van der Waals surface area contributed by atoms with E-state index in [0.29, 0.717) is 16.3 Å². The highest BCUT2D eigenvalue weighted by atomic mass is 35.5. The molecular formula is C25H19ClN2O2. The van der Waals surface area contributed by atoms with Gasteiger partial charge in [-0.2, -0.15) is 0 Å². The molecular weight excluding hydrogens is 396 g/mol. The van der Waals surface area contributed by atoms with Crippen LogP contribution in [0.1, 0.15) is 27.2 Å². The number of carbonyl (C=O) groups is 1. The third kappa shape index (κ3) is 4.56. The third-order valence-electron chi connectivity index (χ3n) is 4.59. The Balaban J connectivity index is 1.52. The zero-order valence-electron chi connectivity index (χ0n) is 16.6.